The molecule has 10 heavy (non-hydrogen) atoms. The zero-order chi connectivity index (χ0) is 7.56. The molecule has 0 amide bonds. The van der Waals surface area contributed by atoms with Gasteiger partial charge in [-0.1, -0.05) is 12.8 Å². The average Bonchev–Trinajstić information content (AvgIpc) is 1.88. The van der Waals surface area contributed by atoms with E-state index in [4.69, 9.17) is 0 Å². The van der Waals surface area contributed by atoms with Crippen molar-refractivity contribution < 1.29 is 5.11 Å². The molecule has 60 valence electrons. The first-order chi connectivity index (χ1) is 4.72. The van der Waals surface area contributed by atoms with Gasteiger partial charge in [-0.05, 0) is 26.9 Å². The highest BCUT2D eigenvalue weighted by Gasteiger charge is 2.23. The number of hydrogen-bond acceptors (Lipinski definition) is 2. The molecule has 1 saturated carbocycles. The lowest BCUT2D eigenvalue weighted by Gasteiger charge is -2.32. The number of nitrogens with zero attached hydrogens (tertiary/aromatic N) is 1. The van der Waals surface area contributed by atoms with E-state index in [1.165, 1.54) is 12.8 Å². The van der Waals surface area contributed by atoms with Crippen molar-refractivity contribution in [2.24, 2.45) is 0 Å². The third kappa shape index (κ3) is 1.70. The van der Waals surface area contributed by atoms with Crippen molar-refractivity contribution in [1.82, 2.24) is 4.90 Å². The number of aliphatic hydroxyl groups excluding tert-OH is 1. The Bertz CT molecular complexity index is 103. The Labute approximate surface area is 62.8 Å². The van der Waals surface area contributed by atoms with Gasteiger partial charge in [0.05, 0.1) is 6.10 Å². The zero-order valence-corrected chi connectivity index (χ0v) is 6.88. The van der Waals surface area contributed by atoms with Gasteiger partial charge in [-0.25, -0.2) is 0 Å². The molecule has 0 aliphatic heterocycles. The van der Waals surface area contributed by atoms with E-state index in [1.54, 1.807) is 0 Å². The SMILES string of the molecule is CN(C)C1CCCC[C@H]1O. The van der Waals surface area contributed by atoms with Crippen molar-refractivity contribution in [3.05, 3.63) is 0 Å². The van der Waals surface area contributed by atoms with Gasteiger partial charge in [0.1, 0.15) is 0 Å². The molecule has 0 heterocycles. The average molecular weight is 143 g/mol. The number of hydrogen-bond donors (Lipinski definition) is 1. The summed E-state index contributed by atoms with van der Waals surface area (Å²) >= 11 is 0. The highest BCUT2D eigenvalue weighted by Crippen LogP contribution is 2.20. The normalized spacial score (nSPS) is 34.8. The van der Waals surface area contributed by atoms with Gasteiger partial charge in [-0.2, -0.15) is 0 Å². The molecule has 0 aromatic carbocycles. The van der Waals surface area contributed by atoms with Crippen LogP contribution in [-0.2, 0) is 0 Å². The van der Waals surface area contributed by atoms with E-state index < -0.39 is 0 Å². The predicted molar refractivity (Wildman–Crippen MR) is 41.9 cm³/mol. The summed E-state index contributed by atoms with van der Waals surface area (Å²) in [5.41, 5.74) is 0. The second kappa shape index (κ2) is 3.35. The molecule has 2 atom stereocenters. The quantitative estimate of drug-likeness (QED) is 0.588. The fourth-order valence-electron chi connectivity index (χ4n) is 1.69. The van der Waals surface area contributed by atoms with Crippen molar-refractivity contribution in [3.63, 3.8) is 0 Å². The van der Waals surface area contributed by atoms with Crippen LogP contribution in [0.15, 0.2) is 0 Å². The van der Waals surface area contributed by atoms with E-state index in [1.807, 2.05) is 14.1 Å². The monoisotopic (exact) mass is 143 g/mol. The van der Waals surface area contributed by atoms with E-state index in [0.717, 1.165) is 12.8 Å². The Balaban J connectivity index is 2.40. The Morgan fingerprint density at radius 2 is 1.80 bits per heavy atom. The van der Waals surface area contributed by atoms with E-state index in [-0.39, 0.29) is 6.10 Å². The highest BCUT2D eigenvalue weighted by atomic mass is 16.3. The van der Waals surface area contributed by atoms with Crippen LogP contribution in [-0.4, -0.2) is 36.2 Å². The van der Waals surface area contributed by atoms with Gasteiger partial charge in [0.15, 0.2) is 0 Å². The molecule has 2 nitrogen and oxygen atoms in total. The minimum atomic E-state index is -0.0799. The van der Waals surface area contributed by atoms with Crippen molar-refractivity contribution in [2.45, 2.75) is 37.8 Å². The molecule has 0 saturated heterocycles. The molecule has 2 heteroatoms. The molecule has 1 aliphatic rings. The molecule has 1 fully saturated rings. The lowest BCUT2D eigenvalue weighted by atomic mass is 9.92. The summed E-state index contributed by atoms with van der Waals surface area (Å²) in [5.74, 6) is 0. The summed E-state index contributed by atoms with van der Waals surface area (Å²) in [6.45, 7) is 0. The van der Waals surface area contributed by atoms with E-state index in [9.17, 15) is 5.11 Å². The van der Waals surface area contributed by atoms with Gasteiger partial charge in [0, 0.05) is 6.04 Å². The van der Waals surface area contributed by atoms with Crippen LogP contribution in [0.3, 0.4) is 0 Å². The van der Waals surface area contributed by atoms with Crippen LogP contribution in [0.25, 0.3) is 0 Å². The number of aliphatic hydroxyl groups is 1. The van der Waals surface area contributed by atoms with Gasteiger partial charge in [-0.3, -0.25) is 0 Å². The van der Waals surface area contributed by atoms with E-state index in [2.05, 4.69) is 4.90 Å². The Kier molecular flexibility index (Phi) is 2.69. The summed E-state index contributed by atoms with van der Waals surface area (Å²) in [6.07, 6.45) is 4.55. The van der Waals surface area contributed by atoms with Crippen LogP contribution in [0, 0.1) is 0 Å². The minimum Gasteiger partial charge on any atom is -0.391 e. The zero-order valence-electron chi connectivity index (χ0n) is 6.88. The first-order valence-corrected chi connectivity index (χ1v) is 4.06. The standard InChI is InChI=1S/C8H17NO/c1-9(2)7-5-3-4-6-8(7)10/h7-8,10H,3-6H2,1-2H3/t7?,8-/m1/s1. The smallest absolute Gasteiger partial charge is 0.0695 e. The third-order valence-corrected chi connectivity index (χ3v) is 2.36. The molecule has 1 aliphatic carbocycles. The number of rotatable bonds is 1. The first kappa shape index (κ1) is 8.02. The molecular formula is C8H17NO. The molecule has 0 radical (unpaired) electrons. The highest BCUT2D eigenvalue weighted by molar-refractivity contribution is 4.79. The Hall–Kier alpha value is -0.0800. The lowest BCUT2D eigenvalue weighted by molar-refractivity contribution is 0.0435. The van der Waals surface area contributed by atoms with E-state index in [0.29, 0.717) is 6.04 Å². The molecular weight excluding hydrogens is 126 g/mol. The molecule has 1 N–H and O–H groups in total. The summed E-state index contributed by atoms with van der Waals surface area (Å²) in [5, 5.41) is 9.50. The summed E-state index contributed by atoms with van der Waals surface area (Å²) < 4.78 is 0. The summed E-state index contributed by atoms with van der Waals surface area (Å²) in [6, 6.07) is 0.411. The molecule has 0 bridgehead atoms. The van der Waals surface area contributed by atoms with Crippen molar-refractivity contribution in [3.8, 4) is 0 Å². The van der Waals surface area contributed by atoms with Crippen LogP contribution in [0.5, 0.6) is 0 Å². The molecule has 0 spiro atoms. The minimum absolute atomic E-state index is 0.0799. The Morgan fingerprint density at radius 1 is 1.20 bits per heavy atom. The van der Waals surface area contributed by atoms with Gasteiger partial charge in [0.25, 0.3) is 0 Å². The van der Waals surface area contributed by atoms with Crippen LogP contribution in [0.2, 0.25) is 0 Å². The predicted octanol–water partition coefficient (Wildman–Crippen LogP) is 0.851. The summed E-state index contributed by atoms with van der Waals surface area (Å²) in [7, 11) is 4.08. The maximum absolute atomic E-state index is 9.50. The molecule has 1 rings (SSSR count). The topological polar surface area (TPSA) is 23.5 Å². The van der Waals surface area contributed by atoms with Crippen molar-refractivity contribution in [1.29, 1.82) is 0 Å². The van der Waals surface area contributed by atoms with Crippen LogP contribution >= 0.6 is 0 Å². The maximum atomic E-state index is 9.50. The maximum Gasteiger partial charge on any atom is 0.0695 e. The van der Waals surface area contributed by atoms with Gasteiger partial charge < -0.3 is 10.0 Å². The third-order valence-electron chi connectivity index (χ3n) is 2.36. The van der Waals surface area contributed by atoms with E-state index >= 15 is 0 Å². The van der Waals surface area contributed by atoms with Crippen molar-refractivity contribution in [2.75, 3.05) is 14.1 Å². The largest absolute Gasteiger partial charge is 0.391 e. The lowest BCUT2D eigenvalue weighted by Crippen LogP contribution is -2.41. The Morgan fingerprint density at radius 3 is 2.20 bits per heavy atom. The second-order valence-electron chi connectivity index (χ2n) is 3.38. The van der Waals surface area contributed by atoms with Gasteiger partial charge in [-0.15, -0.1) is 0 Å². The fraction of sp³-hybridized carbons (Fsp3) is 1.00. The van der Waals surface area contributed by atoms with Gasteiger partial charge >= 0.3 is 0 Å². The van der Waals surface area contributed by atoms with Crippen LogP contribution < -0.4 is 0 Å². The first-order valence-electron chi connectivity index (χ1n) is 4.06. The van der Waals surface area contributed by atoms with Crippen molar-refractivity contribution >= 4 is 0 Å². The molecule has 0 aromatic rings. The van der Waals surface area contributed by atoms with Gasteiger partial charge in [0.2, 0.25) is 0 Å². The van der Waals surface area contributed by atoms with Crippen LogP contribution in [0.1, 0.15) is 25.7 Å². The molecule has 0 aromatic heterocycles. The second-order valence-corrected chi connectivity index (χ2v) is 3.38. The summed E-state index contributed by atoms with van der Waals surface area (Å²) in [4.78, 5) is 2.13. The number of likely N-dealkylation sites (N-methyl/N-ethyl adjacent to an activating group) is 1. The van der Waals surface area contributed by atoms with Crippen LogP contribution in [0.4, 0.5) is 0 Å². The fourth-order valence-corrected chi connectivity index (χ4v) is 1.69. The molecule has 1 unspecified atom stereocenters.